The summed E-state index contributed by atoms with van der Waals surface area (Å²) in [5.74, 6) is -0.832. The largest absolute Gasteiger partial charge is 0.751 e. The van der Waals surface area contributed by atoms with Crippen LogP contribution in [0.5, 0.6) is 5.75 Å². The molecule has 0 spiro atoms. The molecule has 0 aliphatic heterocycles. The number of nitrogens with one attached hydrogen (secondary N) is 2. The van der Waals surface area contributed by atoms with Crippen molar-refractivity contribution in [2.24, 2.45) is 0 Å². The first-order valence-corrected chi connectivity index (χ1v) is 14.1. The van der Waals surface area contributed by atoms with Crippen molar-refractivity contribution in [2.45, 2.75) is 39.6 Å². The Balaban J connectivity index is 2.06. The average Bonchev–Trinajstić information content (AvgIpc) is 2.85. The molecule has 198 valence electrons. The maximum Gasteiger partial charge on any atom is 0.464 e. The summed E-state index contributed by atoms with van der Waals surface area (Å²) in [5, 5.41) is 16.0. The highest BCUT2D eigenvalue weighted by Crippen LogP contribution is 2.44. The summed E-state index contributed by atoms with van der Waals surface area (Å²) in [6, 6.07) is 10.4. The van der Waals surface area contributed by atoms with Gasteiger partial charge in [-0.1, -0.05) is 18.2 Å². The number of esters is 1. The fourth-order valence-corrected chi connectivity index (χ4v) is 4.37. The molecule has 1 heterocycles. The van der Waals surface area contributed by atoms with Crippen molar-refractivity contribution < 1.29 is 40.4 Å². The van der Waals surface area contributed by atoms with Crippen LogP contribution in [0, 0.1) is 5.21 Å². The standard InChI is InChI=1S/C21H28IN4O9P/c1-16(2)34-21(28)17(3)24-36(31,35-19-9-5-4-6-10-19)33-15-25-12-7-8-18(14-25)20(27)23-11-13-32-26(30)22-29/h4-10,12,14,16-17H,11,13,15H2,1-3H3,(H,23,27)(H,24,31)/t17-,36?/m1/s1. The minimum atomic E-state index is -4.08. The molecule has 0 fully saturated rings. The summed E-state index contributed by atoms with van der Waals surface area (Å²) in [6.07, 6.45) is 2.67. The average molecular weight is 638 g/mol. The molecule has 1 unspecified atom stereocenters. The third-order valence-electron chi connectivity index (χ3n) is 4.16. The fraction of sp³-hybridized carbons (Fsp3) is 0.381. The van der Waals surface area contributed by atoms with Gasteiger partial charge >= 0.3 is 13.7 Å². The van der Waals surface area contributed by atoms with Crippen molar-refractivity contribution in [2.75, 3.05) is 13.2 Å². The second-order valence-corrected chi connectivity index (χ2v) is 10.3. The van der Waals surface area contributed by atoms with E-state index in [-0.39, 0.29) is 40.7 Å². The van der Waals surface area contributed by atoms with E-state index in [0.717, 1.165) is 0 Å². The first-order chi connectivity index (χ1) is 17.1. The Morgan fingerprint density at radius 1 is 1.17 bits per heavy atom. The molecule has 0 saturated heterocycles. The van der Waals surface area contributed by atoms with Gasteiger partial charge in [0.05, 0.1) is 12.7 Å². The molecule has 0 aliphatic carbocycles. The van der Waals surface area contributed by atoms with E-state index < -0.39 is 47.1 Å². The number of hydrogen-bond donors (Lipinski definition) is 2. The molecule has 2 rings (SSSR count). The van der Waals surface area contributed by atoms with Crippen molar-refractivity contribution in [3.8, 4) is 5.75 Å². The molecule has 1 aromatic heterocycles. The Morgan fingerprint density at radius 2 is 1.89 bits per heavy atom. The van der Waals surface area contributed by atoms with Crippen molar-refractivity contribution in [3.63, 3.8) is 0 Å². The van der Waals surface area contributed by atoms with Crippen molar-refractivity contribution in [1.82, 2.24) is 13.8 Å². The minimum absolute atomic E-state index is 0.0150. The Hall–Kier alpha value is -2.33. The quantitative estimate of drug-likeness (QED) is 0.0562. The zero-order valence-electron chi connectivity index (χ0n) is 19.9. The monoisotopic (exact) mass is 638 g/mol. The maximum absolute atomic E-state index is 13.5. The highest BCUT2D eigenvalue weighted by Gasteiger charge is 2.34. The van der Waals surface area contributed by atoms with E-state index >= 15 is 0 Å². The summed E-state index contributed by atoms with van der Waals surface area (Å²) >= 11 is -1.97. The van der Waals surface area contributed by atoms with Gasteiger partial charge in [0.25, 0.3) is 34.1 Å². The van der Waals surface area contributed by atoms with Gasteiger partial charge in [-0.25, -0.2) is 9.09 Å². The second kappa shape index (κ2) is 15.0. The Morgan fingerprint density at radius 3 is 2.56 bits per heavy atom. The highest BCUT2D eigenvalue weighted by atomic mass is 127. The Kier molecular flexibility index (Phi) is 12.5. The van der Waals surface area contributed by atoms with E-state index in [2.05, 4.69) is 15.2 Å². The molecule has 2 aromatic rings. The summed E-state index contributed by atoms with van der Waals surface area (Å²) in [6.45, 7) is 4.45. The van der Waals surface area contributed by atoms with E-state index in [1.54, 1.807) is 56.4 Å². The van der Waals surface area contributed by atoms with Crippen molar-refractivity contribution in [1.29, 1.82) is 0 Å². The third-order valence-corrected chi connectivity index (χ3v) is 6.37. The predicted molar refractivity (Wildman–Crippen MR) is 134 cm³/mol. The number of halogens is 1. The summed E-state index contributed by atoms with van der Waals surface area (Å²) < 4.78 is 41.7. The van der Waals surface area contributed by atoms with Crippen LogP contribution in [-0.4, -0.2) is 40.6 Å². The Labute approximate surface area is 219 Å². The molecule has 0 aliphatic rings. The van der Waals surface area contributed by atoms with E-state index in [1.165, 1.54) is 23.8 Å². The molecule has 1 aromatic carbocycles. The highest BCUT2D eigenvalue weighted by molar-refractivity contribution is 14.1. The van der Waals surface area contributed by atoms with Crippen LogP contribution < -0.4 is 19.5 Å². The first-order valence-electron chi connectivity index (χ1n) is 10.7. The minimum Gasteiger partial charge on any atom is -0.751 e. The number of hydrogen-bond acceptors (Lipinski definition) is 9. The Bertz CT molecular complexity index is 1060. The van der Waals surface area contributed by atoms with Crippen LogP contribution in [0.4, 0.5) is 0 Å². The molecular formula is C21H28IN4O9P. The number of amides is 1. The number of carbonyl (C=O) groups excluding carboxylic acids is 2. The molecule has 13 nitrogen and oxygen atoms in total. The summed E-state index contributed by atoms with van der Waals surface area (Å²) in [4.78, 5) is 29.2. The summed E-state index contributed by atoms with van der Waals surface area (Å²) in [7, 11) is -4.08. The summed E-state index contributed by atoms with van der Waals surface area (Å²) in [5.41, 5.74) is 0.247. The third kappa shape index (κ3) is 10.7. The lowest BCUT2D eigenvalue weighted by molar-refractivity contribution is -0.725. The van der Waals surface area contributed by atoms with E-state index in [4.69, 9.17) is 13.8 Å². The zero-order chi connectivity index (χ0) is 26.6. The number of rotatable bonds is 15. The van der Waals surface area contributed by atoms with Crippen LogP contribution in [0.15, 0.2) is 54.9 Å². The van der Waals surface area contributed by atoms with Crippen molar-refractivity contribution >= 4 is 41.1 Å². The van der Waals surface area contributed by atoms with Crippen LogP contribution >= 0.6 is 29.2 Å². The van der Waals surface area contributed by atoms with Gasteiger partial charge in [0.15, 0.2) is 12.4 Å². The van der Waals surface area contributed by atoms with E-state index in [0.29, 0.717) is 0 Å². The first kappa shape index (κ1) is 29.9. The zero-order valence-corrected chi connectivity index (χ0v) is 22.9. The smallest absolute Gasteiger partial charge is 0.464 e. The van der Waals surface area contributed by atoms with Gasteiger partial charge in [-0.05, 0) is 39.0 Å². The van der Waals surface area contributed by atoms with Gasteiger partial charge < -0.3 is 19.8 Å². The van der Waals surface area contributed by atoms with Gasteiger partial charge in [0.2, 0.25) is 0 Å². The lowest BCUT2D eigenvalue weighted by atomic mass is 10.2. The topological polar surface area (TPSA) is 159 Å². The number of aromatic nitrogens is 1. The van der Waals surface area contributed by atoms with Crippen LogP contribution in [0.25, 0.3) is 0 Å². The second-order valence-electron chi connectivity index (χ2n) is 7.47. The number of pyridine rings is 1. The molecule has 0 saturated carbocycles. The van der Waals surface area contributed by atoms with Gasteiger partial charge in [0, 0.05) is 12.6 Å². The maximum atomic E-state index is 13.5. The molecule has 0 bridgehead atoms. The predicted octanol–water partition coefficient (Wildman–Crippen LogP) is 2.76. The molecule has 36 heavy (non-hydrogen) atoms. The van der Waals surface area contributed by atoms with Gasteiger partial charge in [0.1, 0.15) is 17.4 Å². The van der Waals surface area contributed by atoms with E-state index in [9.17, 15) is 22.4 Å². The van der Waals surface area contributed by atoms with E-state index in [1.807, 2.05) is 0 Å². The number of nitrogens with zero attached hydrogens (tertiary/aromatic N) is 2. The normalized spacial score (nSPS) is 13.7. The van der Waals surface area contributed by atoms with Crippen LogP contribution in [-0.2, 0) is 33.3 Å². The van der Waals surface area contributed by atoms with Crippen LogP contribution in [0.3, 0.4) is 0 Å². The van der Waals surface area contributed by atoms with Gasteiger partial charge in [-0.3, -0.25) is 17.5 Å². The van der Waals surface area contributed by atoms with Crippen LogP contribution in [0.1, 0.15) is 31.1 Å². The molecular weight excluding hydrogens is 610 g/mol. The molecule has 15 heteroatoms. The molecule has 0 radical (unpaired) electrons. The number of para-hydroxylation sites is 1. The van der Waals surface area contributed by atoms with Crippen LogP contribution in [0.2, 0.25) is 0 Å². The number of benzene rings is 1. The van der Waals surface area contributed by atoms with Gasteiger partial charge in [-0.2, -0.15) is 13.1 Å². The fourth-order valence-electron chi connectivity index (χ4n) is 2.62. The number of carbonyl (C=O) groups is 2. The van der Waals surface area contributed by atoms with Gasteiger partial charge in [-0.15, -0.1) is 0 Å². The molecule has 1 amide bonds. The van der Waals surface area contributed by atoms with Crippen molar-refractivity contribution in [3.05, 3.63) is 65.6 Å². The molecule has 2 atom stereocenters. The number of ether oxygens (including phenoxy) is 1. The SMILES string of the molecule is CC(C)OC(=O)[C@@H](C)NP(=O)(OC[n+]1cccc(C(=O)NCCON([O-])I=O)c1)Oc1ccccc1. The lowest BCUT2D eigenvalue weighted by Crippen LogP contribution is -2.40. The lowest BCUT2D eigenvalue weighted by Gasteiger charge is -2.22. The molecule has 2 N–H and O–H groups in total.